The van der Waals surface area contributed by atoms with Crippen LogP contribution in [-0.4, -0.2) is 16.6 Å². The normalized spacial score (nSPS) is 11.6. The van der Waals surface area contributed by atoms with E-state index in [9.17, 15) is 4.79 Å². The van der Waals surface area contributed by atoms with Crippen molar-refractivity contribution in [2.75, 3.05) is 11.1 Å². The molecular weight excluding hydrogens is 444 g/mol. The Bertz CT molecular complexity index is 966. The highest BCUT2D eigenvalue weighted by Crippen LogP contribution is 2.33. The molecule has 0 fully saturated rings. The predicted molar refractivity (Wildman–Crippen MR) is 146 cm³/mol. The van der Waals surface area contributed by atoms with Gasteiger partial charge in [-0.3, -0.25) is 4.79 Å². The van der Waals surface area contributed by atoms with Crippen molar-refractivity contribution in [2.24, 2.45) is 0 Å². The Morgan fingerprint density at radius 1 is 0.879 bits per heavy atom. The van der Waals surface area contributed by atoms with Gasteiger partial charge < -0.3 is 5.32 Å². The molecule has 0 aliphatic carbocycles. The van der Waals surface area contributed by atoms with Crippen molar-refractivity contribution in [2.45, 2.75) is 88.8 Å². The maximum absolute atomic E-state index is 12.6. The van der Waals surface area contributed by atoms with Crippen molar-refractivity contribution in [3.63, 3.8) is 0 Å². The highest BCUT2D eigenvalue weighted by Gasteiger charge is 2.15. The molecule has 0 spiro atoms. The second kappa shape index (κ2) is 13.1. The lowest BCUT2D eigenvalue weighted by atomic mass is 9.92. The number of rotatable bonds is 13. The van der Waals surface area contributed by atoms with Crippen molar-refractivity contribution < 1.29 is 4.79 Å². The lowest BCUT2D eigenvalue weighted by Gasteiger charge is -2.20. The minimum absolute atomic E-state index is 0.150. The van der Waals surface area contributed by atoms with Crippen molar-refractivity contribution in [1.82, 2.24) is 4.98 Å². The van der Waals surface area contributed by atoms with E-state index in [4.69, 9.17) is 4.98 Å². The van der Waals surface area contributed by atoms with Crippen LogP contribution in [0, 0.1) is 0 Å². The number of nitrogens with one attached hydrogen (secondary N) is 1. The first-order chi connectivity index (χ1) is 16.0. The predicted octanol–water partition coefficient (Wildman–Crippen LogP) is 9.00. The Hall–Kier alpha value is -1.85. The molecule has 0 saturated heterocycles. The third kappa shape index (κ3) is 7.86. The van der Waals surface area contributed by atoms with Crippen molar-refractivity contribution in [1.29, 1.82) is 0 Å². The van der Waals surface area contributed by atoms with E-state index < -0.39 is 0 Å². The molecule has 0 atom stereocenters. The number of aromatic nitrogens is 1. The molecule has 0 bridgehead atoms. The van der Waals surface area contributed by atoms with Gasteiger partial charge in [0.25, 0.3) is 0 Å². The summed E-state index contributed by atoms with van der Waals surface area (Å²) in [5.74, 6) is 2.08. The molecule has 178 valence electrons. The third-order valence-corrected chi connectivity index (χ3v) is 8.20. The van der Waals surface area contributed by atoms with Crippen LogP contribution in [0.5, 0.6) is 0 Å². The van der Waals surface area contributed by atoms with Crippen LogP contribution in [0.25, 0.3) is 10.2 Å². The zero-order chi connectivity index (χ0) is 23.6. The molecule has 33 heavy (non-hydrogen) atoms. The first-order valence-corrected chi connectivity index (χ1v) is 14.2. The van der Waals surface area contributed by atoms with Crippen molar-refractivity contribution in [3.8, 4) is 0 Å². The van der Waals surface area contributed by atoms with Gasteiger partial charge in [-0.2, -0.15) is 0 Å². The largest absolute Gasteiger partial charge is 0.326 e. The highest BCUT2D eigenvalue weighted by molar-refractivity contribution is 8.01. The zero-order valence-electron chi connectivity index (χ0n) is 20.5. The van der Waals surface area contributed by atoms with Crippen LogP contribution in [-0.2, 0) is 4.79 Å². The second-order valence-electron chi connectivity index (χ2n) is 9.34. The number of carbonyl (C=O) groups excluding carboxylic acids is 1. The number of anilines is 1. The summed E-state index contributed by atoms with van der Waals surface area (Å²) in [6, 6.07) is 14.7. The van der Waals surface area contributed by atoms with Crippen LogP contribution in [0.2, 0.25) is 0 Å². The van der Waals surface area contributed by atoms with E-state index in [1.165, 1.54) is 45.8 Å². The van der Waals surface area contributed by atoms with E-state index >= 15 is 0 Å². The molecule has 1 N–H and O–H groups in total. The fourth-order valence-electron chi connectivity index (χ4n) is 4.06. The Kier molecular flexibility index (Phi) is 10.3. The van der Waals surface area contributed by atoms with Gasteiger partial charge in [-0.1, -0.05) is 95.5 Å². The molecule has 2 aromatic carbocycles. The lowest BCUT2D eigenvalue weighted by Crippen LogP contribution is -2.15. The topological polar surface area (TPSA) is 42.0 Å². The molecule has 3 nitrogen and oxygen atoms in total. The number of carbonyl (C=O) groups is 1. The summed E-state index contributed by atoms with van der Waals surface area (Å²) < 4.78 is 2.46. The molecule has 0 unspecified atom stereocenters. The van der Waals surface area contributed by atoms with Crippen LogP contribution in [0.15, 0.2) is 46.8 Å². The summed E-state index contributed by atoms with van der Waals surface area (Å²) in [5.41, 5.74) is 4.62. The van der Waals surface area contributed by atoms with E-state index in [0.29, 0.717) is 18.3 Å². The minimum Gasteiger partial charge on any atom is -0.326 e. The lowest BCUT2D eigenvalue weighted by molar-refractivity contribution is -0.116. The fraction of sp³-hybridized carbons (Fsp3) is 0.500. The first-order valence-electron chi connectivity index (χ1n) is 12.4. The number of thiazole rings is 1. The number of hydrogen-bond acceptors (Lipinski definition) is 4. The summed E-state index contributed by atoms with van der Waals surface area (Å²) in [4.78, 5) is 17.3. The van der Waals surface area contributed by atoms with E-state index in [-0.39, 0.29) is 5.91 Å². The third-order valence-electron chi connectivity index (χ3n) is 5.94. The monoisotopic (exact) mass is 482 g/mol. The Morgan fingerprint density at radius 2 is 1.52 bits per heavy atom. The molecule has 1 heterocycles. The van der Waals surface area contributed by atoms with E-state index in [0.717, 1.165) is 29.8 Å². The van der Waals surface area contributed by atoms with Crippen molar-refractivity contribution in [3.05, 3.63) is 53.6 Å². The van der Waals surface area contributed by atoms with Gasteiger partial charge in [-0.15, -0.1) is 11.3 Å². The SMILES string of the molecule is CC(C)c1cccc(C(C)C)c1NC(=O)CCCCCCCCSc1nc2ccccc2s1. The Labute approximate surface area is 207 Å². The average Bonchev–Trinajstić information content (AvgIpc) is 3.20. The zero-order valence-corrected chi connectivity index (χ0v) is 22.2. The Balaban J connectivity index is 1.29. The smallest absolute Gasteiger partial charge is 0.224 e. The summed E-state index contributed by atoms with van der Waals surface area (Å²) in [6.45, 7) is 8.75. The number of hydrogen-bond donors (Lipinski definition) is 1. The van der Waals surface area contributed by atoms with Crippen LogP contribution >= 0.6 is 23.1 Å². The summed E-state index contributed by atoms with van der Waals surface area (Å²) in [7, 11) is 0. The van der Waals surface area contributed by atoms with Gasteiger partial charge in [0.1, 0.15) is 0 Å². The number of nitrogens with zero attached hydrogens (tertiary/aromatic N) is 1. The van der Waals surface area contributed by atoms with Gasteiger partial charge >= 0.3 is 0 Å². The molecule has 0 radical (unpaired) electrons. The molecule has 1 amide bonds. The fourth-order valence-corrected chi connectivity index (χ4v) is 6.20. The summed E-state index contributed by atoms with van der Waals surface area (Å²) in [6.07, 6.45) is 7.63. The molecule has 0 aliphatic rings. The van der Waals surface area contributed by atoms with E-state index in [2.05, 4.69) is 69.4 Å². The maximum atomic E-state index is 12.6. The number of thioether (sulfide) groups is 1. The Morgan fingerprint density at radius 3 is 2.18 bits per heavy atom. The molecule has 3 rings (SSSR count). The maximum Gasteiger partial charge on any atom is 0.224 e. The molecule has 5 heteroatoms. The van der Waals surface area contributed by atoms with Crippen LogP contribution in [0.3, 0.4) is 0 Å². The van der Waals surface area contributed by atoms with Crippen LogP contribution in [0.1, 0.15) is 95.6 Å². The first kappa shape index (κ1) is 25.8. The standard InChI is InChI=1S/C28H38N2OS2/c1-20(2)22-14-13-15-23(21(3)4)27(22)30-26(31)18-9-7-5-6-8-12-19-32-28-29-24-16-10-11-17-25(24)33-28/h10-11,13-17,20-21H,5-9,12,18-19H2,1-4H3,(H,30,31). The molecular formula is C28H38N2OS2. The number of unbranched alkanes of at least 4 members (excludes halogenated alkanes) is 5. The number of fused-ring (bicyclic) bond motifs is 1. The molecule has 1 aromatic heterocycles. The second-order valence-corrected chi connectivity index (χ2v) is 11.7. The quantitative estimate of drug-likeness (QED) is 0.195. The summed E-state index contributed by atoms with van der Waals surface area (Å²) in [5, 5.41) is 3.24. The number of amides is 1. The van der Waals surface area contributed by atoms with Gasteiger partial charge in [-0.25, -0.2) is 4.98 Å². The van der Waals surface area contributed by atoms with Gasteiger partial charge in [-0.05, 0) is 47.9 Å². The van der Waals surface area contributed by atoms with E-state index in [1.807, 2.05) is 17.8 Å². The minimum atomic E-state index is 0.150. The molecule has 0 saturated carbocycles. The summed E-state index contributed by atoms with van der Waals surface area (Å²) >= 11 is 3.67. The number of para-hydroxylation sites is 2. The van der Waals surface area contributed by atoms with Gasteiger partial charge in [0.05, 0.1) is 10.2 Å². The number of benzene rings is 2. The van der Waals surface area contributed by atoms with Gasteiger partial charge in [0.15, 0.2) is 4.34 Å². The van der Waals surface area contributed by atoms with Gasteiger partial charge in [0, 0.05) is 17.9 Å². The van der Waals surface area contributed by atoms with E-state index in [1.54, 1.807) is 11.3 Å². The van der Waals surface area contributed by atoms with Gasteiger partial charge in [0.2, 0.25) is 5.91 Å². The van der Waals surface area contributed by atoms with Crippen molar-refractivity contribution >= 4 is 44.9 Å². The average molecular weight is 483 g/mol. The highest BCUT2D eigenvalue weighted by atomic mass is 32.2. The van der Waals surface area contributed by atoms with Crippen LogP contribution < -0.4 is 5.32 Å². The molecule has 3 aromatic rings. The molecule has 0 aliphatic heterocycles. The van der Waals surface area contributed by atoms with Crippen LogP contribution in [0.4, 0.5) is 5.69 Å².